The van der Waals surface area contributed by atoms with Gasteiger partial charge in [0.2, 0.25) is 11.8 Å². The number of rotatable bonds is 29. The lowest BCUT2D eigenvalue weighted by Crippen LogP contribution is -2.22. The zero-order valence-corrected chi connectivity index (χ0v) is 27.5. The van der Waals surface area contributed by atoms with Crippen LogP contribution in [0.5, 0.6) is 0 Å². The quantitative estimate of drug-likeness (QED) is 0.0379. The average Bonchev–Trinajstić information content (AvgIpc) is 3.00. The summed E-state index contributed by atoms with van der Waals surface area (Å²) in [5, 5.41) is 23.0. The van der Waals surface area contributed by atoms with E-state index in [4.69, 9.17) is 5.11 Å². The minimum absolute atomic E-state index is 0.170. The minimum atomic E-state index is -0.768. The predicted molar refractivity (Wildman–Crippen MR) is 181 cm³/mol. The van der Waals surface area contributed by atoms with Crippen molar-refractivity contribution >= 4 is 23.8 Å². The molecule has 0 aromatic rings. The third-order valence-electron chi connectivity index (χ3n) is 7.12. The Morgan fingerprint density at radius 1 is 0.614 bits per heavy atom. The number of carboxylic acids is 2. The molecule has 0 rings (SSSR count). The highest BCUT2D eigenvalue weighted by molar-refractivity contribution is 5.87. The van der Waals surface area contributed by atoms with Gasteiger partial charge in [-0.3, -0.25) is 19.2 Å². The van der Waals surface area contributed by atoms with Crippen LogP contribution in [0.25, 0.3) is 0 Å². The molecule has 0 spiro atoms. The molecule has 0 saturated heterocycles. The molecule has 2 amide bonds. The fraction of sp³-hybridized carbons (Fsp3) is 0.667. The van der Waals surface area contributed by atoms with Gasteiger partial charge in [-0.1, -0.05) is 102 Å². The van der Waals surface area contributed by atoms with Crippen LogP contribution >= 0.6 is 0 Å². The molecule has 8 heteroatoms. The molecule has 8 nitrogen and oxygen atoms in total. The highest BCUT2D eigenvalue weighted by Gasteiger charge is 2.16. The number of aliphatic carboxylic acids is 2. The molecular formula is C36H62N2O6. The molecule has 0 saturated carbocycles. The number of carbonyl (C=O) groups is 4. The van der Waals surface area contributed by atoms with Crippen molar-refractivity contribution in [1.82, 2.24) is 10.6 Å². The first-order valence-electron chi connectivity index (χ1n) is 16.8. The zero-order chi connectivity index (χ0) is 33.1. The van der Waals surface area contributed by atoms with E-state index in [1.807, 2.05) is 0 Å². The van der Waals surface area contributed by atoms with E-state index in [1.54, 1.807) is 0 Å². The van der Waals surface area contributed by atoms with Gasteiger partial charge >= 0.3 is 11.9 Å². The first kappa shape index (κ1) is 43.0. The molecule has 0 heterocycles. The molecule has 0 aliphatic heterocycles. The van der Waals surface area contributed by atoms with Gasteiger partial charge in [-0.15, -0.1) is 0 Å². The van der Waals surface area contributed by atoms with Crippen molar-refractivity contribution in [2.75, 3.05) is 13.1 Å². The van der Waals surface area contributed by atoms with Crippen LogP contribution in [0.1, 0.15) is 135 Å². The molecule has 4 N–H and O–H groups in total. The summed E-state index contributed by atoms with van der Waals surface area (Å²) in [6.07, 6.45) is 31.7. The fourth-order valence-corrected chi connectivity index (χ4v) is 4.43. The van der Waals surface area contributed by atoms with Gasteiger partial charge in [0, 0.05) is 19.5 Å². The van der Waals surface area contributed by atoms with Crippen molar-refractivity contribution in [2.24, 2.45) is 5.92 Å². The topological polar surface area (TPSA) is 133 Å². The van der Waals surface area contributed by atoms with Crippen molar-refractivity contribution in [3.05, 3.63) is 49.6 Å². The monoisotopic (exact) mass is 618 g/mol. The summed E-state index contributed by atoms with van der Waals surface area (Å²) in [6.45, 7) is 10.1. The Kier molecular flexibility index (Phi) is 33.5. The van der Waals surface area contributed by atoms with Gasteiger partial charge in [-0.2, -0.15) is 0 Å². The van der Waals surface area contributed by atoms with E-state index >= 15 is 0 Å². The lowest BCUT2D eigenvalue weighted by atomic mass is 9.95. The molecule has 0 bridgehead atoms. The maximum Gasteiger partial charge on any atom is 0.306 e. The van der Waals surface area contributed by atoms with E-state index in [0.717, 1.165) is 57.8 Å². The van der Waals surface area contributed by atoms with Crippen LogP contribution in [-0.4, -0.2) is 47.1 Å². The summed E-state index contributed by atoms with van der Waals surface area (Å²) < 4.78 is 0. The van der Waals surface area contributed by atoms with E-state index in [9.17, 15) is 24.3 Å². The van der Waals surface area contributed by atoms with Gasteiger partial charge in [-0.05, 0) is 76.4 Å². The number of carboxylic acid groups (broad SMARTS) is 2. The van der Waals surface area contributed by atoms with Gasteiger partial charge in [0.25, 0.3) is 0 Å². The summed E-state index contributed by atoms with van der Waals surface area (Å²) in [7, 11) is 0. The maximum absolute atomic E-state index is 11.4. The first-order chi connectivity index (χ1) is 21.3. The summed E-state index contributed by atoms with van der Waals surface area (Å²) in [6, 6.07) is 0. The first-order valence-corrected chi connectivity index (χ1v) is 16.8. The minimum Gasteiger partial charge on any atom is -0.481 e. The molecule has 0 aromatic carbocycles. The number of carbonyl (C=O) groups excluding carboxylic acids is 2. The van der Waals surface area contributed by atoms with Crippen LogP contribution in [0.15, 0.2) is 49.6 Å². The number of allylic oxidation sites excluding steroid dienone is 4. The second kappa shape index (κ2) is 34.3. The fourth-order valence-electron chi connectivity index (χ4n) is 4.43. The third-order valence-corrected chi connectivity index (χ3v) is 7.12. The Morgan fingerprint density at radius 2 is 1.07 bits per heavy atom. The van der Waals surface area contributed by atoms with Gasteiger partial charge in [0.15, 0.2) is 0 Å². The summed E-state index contributed by atoms with van der Waals surface area (Å²) in [4.78, 5) is 43.2. The Hall–Kier alpha value is -3.16. The number of unbranched alkanes of at least 4 members (excludes halogenated alkanes) is 12. The summed E-state index contributed by atoms with van der Waals surface area (Å²) in [5.74, 6) is -2.05. The maximum atomic E-state index is 11.4. The Morgan fingerprint density at radius 3 is 1.57 bits per heavy atom. The van der Waals surface area contributed by atoms with Crippen molar-refractivity contribution in [2.45, 2.75) is 135 Å². The predicted octanol–water partition coefficient (Wildman–Crippen LogP) is 8.30. The van der Waals surface area contributed by atoms with E-state index < -0.39 is 11.9 Å². The van der Waals surface area contributed by atoms with Crippen molar-refractivity contribution in [3.63, 3.8) is 0 Å². The van der Waals surface area contributed by atoms with Crippen LogP contribution in [-0.2, 0) is 19.2 Å². The second-order valence-electron chi connectivity index (χ2n) is 11.1. The van der Waals surface area contributed by atoms with E-state index in [-0.39, 0.29) is 24.2 Å². The number of hydrogen-bond donors (Lipinski definition) is 4. The van der Waals surface area contributed by atoms with Crippen molar-refractivity contribution in [3.8, 4) is 0 Å². The van der Waals surface area contributed by atoms with Crippen LogP contribution in [0, 0.1) is 5.92 Å². The molecule has 44 heavy (non-hydrogen) atoms. The Balaban J connectivity index is 0. The molecule has 0 aliphatic carbocycles. The summed E-state index contributed by atoms with van der Waals surface area (Å²) >= 11 is 0. The molecule has 1 atom stereocenters. The summed E-state index contributed by atoms with van der Waals surface area (Å²) in [5.41, 5.74) is 0. The standard InChI is InChI=1S/C27H47NO3.C9H15NO3/c1-3-5-6-7-8-9-10-11-12-13-14-15-16-17-18-19-22-25(27(30)31)23-20-21-24-28-26(29)4-2;1-2-8(11)10-7-5-3-4-6-9(12)13/h4,8-9,11-12,25H,2-3,5-7,10,13-24H2,1H3,(H,28,29)(H,30,31);2H,1,3-7H2,(H,10,11)(H,12,13)/b9-8-,12-11-;. The highest BCUT2D eigenvalue weighted by Crippen LogP contribution is 2.18. The van der Waals surface area contributed by atoms with E-state index in [2.05, 4.69) is 55.0 Å². The second-order valence-corrected chi connectivity index (χ2v) is 11.1. The molecule has 0 aliphatic rings. The molecule has 0 fully saturated rings. The molecular weight excluding hydrogens is 556 g/mol. The SMILES string of the molecule is C=CC(=O)NCCCCC(CCCCCCCC/C=C\C/C=C\CCCCC)C(=O)O.C=CC(=O)NCCCCCC(=O)O. The molecule has 252 valence electrons. The van der Waals surface area contributed by atoms with Crippen LogP contribution in [0.3, 0.4) is 0 Å². The zero-order valence-electron chi connectivity index (χ0n) is 27.5. The van der Waals surface area contributed by atoms with Gasteiger partial charge in [-0.25, -0.2) is 0 Å². The van der Waals surface area contributed by atoms with Crippen molar-refractivity contribution in [1.29, 1.82) is 0 Å². The van der Waals surface area contributed by atoms with Gasteiger partial charge < -0.3 is 20.8 Å². The molecule has 1 unspecified atom stereocenters. The Labute approximate surface area is 267 Å². The number of amides is 2. The molecule has 0 radical (unpaired) electrons. The molecule has 0 aromatic heterocycles. The van der Waals surface area contributed by atoms with Crippen LogP contribution < -0.4 is 10.6 Å². The highest BCUT2D eigenvalue weighted by atomic mass is 16.4. The van der Waals surface area contributed by atoms with Gasteiger partial charge in [0.05, 0.1) is 5.92 Å². The van der Waals surface area contributed by atoms with Gasteiger partial charge in [0.1, 0.15) is 0 Å². The Bertz CT molecular complexity index is 821. The largest absolute Gasteiger partial charge is 0.481 e. The lowest BCUT2D eigenvalue weighted by Gasteiger charge is -2.12. The van der Waals surface area contributed by atoms with E-state index in [0.29, 0.717) is 25.9 Å². The normalized spacial score (nSPS) is 11.5. The number of nitrogens with one attached hydrogen (secondary N) is 2. The number of hydrogen-bond acceptors (Lipinski definition) is 4. The van der Waals surface area contributed by atoms with Crippen LogP contribution in [0.2, 0.25) is 0 Å². The third kappa shape index (κ3) is 35.0. The average molecular weight is 619 g/mol. The van der Waals surface area contributed by atoms with Crippen LogP contribution in [0.4, 0.5) is 0 Å². The smallest absolute Gasteiger partial charge is 0.306 e. The lowest BCUT2D eigenvalue weighted by molar-refractivity contribution is -0.142. The van der Waals surface area contributed by atoms with E-state index in [1.165, 1.54) is 63.5 Å². The van der Waals surface area contributed by atoms with Crippen molar-refractivity contribution < 1.29 is 29.4 Å².